The van der Waals surface area contributed by atoms with E-state index in [1.54, 1.807) is 45.6 Å². The molecule has 0 aromatic heterocycles. The molecule has 0 amide bonds. The van der Waals surface area contributed by atoms with Crippen molar-refractivity contribution in [3.05, 3.63) is 147 Å². The van der Waals surface area contributed by atoms with E-state index in [1.165, 1.54) is 7.11 Å². The van der Waals surface area contributed by atoms with Crippen molar-refractivity contribution in [2.24, 2.45) is 0 Å². The fourth-order valence-corrected chi connectivity index (χ4v) is 7.54. The first-order chi connectivity index (χ1) is 24.2. The number of para-hydroxylation sites is 4. The van der Waals surface area contributed by atoms with Crippen LogP contribution in [-0.2, 0) is 0 Å². The standard InChI is InChI=1S/C27H24O3.C7H9BO3.C6H3Br3.CH4.B/c1-28-25-13-7-4-10-22(25)19-16-20(23-11-5-8-14-26(23)29-2)18-21(17-19)24-12-6-9-15-27(24)30-3;1-11-7-5-3-2-4-6(7)8(9)10;7-4-1-5(8)3-6(9)2-4;;/h4-18H,1-3H3;2-5,9-10H,1H3;1-3H;1H4;. The summed E-state index contributed by atoms with van der Waals surface area (Å²) in [6, 6.07) is 43.4. The van der Waals surface area contributed by atoms with E-state index in [2.05, 4.69) is 84.2 Å². The highest BCUT2D eigenvalue weighted by Gasteiger charge is 2.16. The molecule has 11 heteroatoms. The van der Waals surface area contributed by atoms with E-state index in [-0.39, 0.29) is 15.8 Å². The molecule has 0 atom stereocenters. The summed E-state index contributed by atoms with van der Waals surface area (Å²) in [4.78, 5) is 0. The highest BCUT2D eigenvalue weighted by molar-refractivity contribution is 9.11. The largest absolute Gasteiger partial charge is 0.497 e. The summed E-state index contributed by atoms with van der Waals surface area (Å²) >= 11 is 10.1. The zero-order valence-electron chi connectivity index (χ0n) is 28.5. The SMILES string of the molecule is Brc1cc(Br)cc(Br)c1.C.COc1ccccc1-c1cc(-c2ccccc2OC)cc(-c2ccccc2OC)c1.COc1ccccc1B(O)O.[B]. The first-order valence-corrected chi connectivity index (χ1v) is 17.7. The van der Waals surface area contributed by atoms with Crippen LogP contribution < -0.4 is 24.4 Å². The molecule has 52 heavy (non-hydrogen) atoms. The van der Waals surface area contributed by atoms with E-state index < -0.39 is 7.12 Å². The molecule has 0 heterocycles. The molecule has 267 valence electrons. The molecule has 0 fully saturated rings. The highest BCUT2D eigenvalue weighted by Crippen LogP contribution is 2.40. The Hall–Kier alpha value is -3.99. The predicted molar refractivity (Wildman–Crippen MR) is 227 cm³/mol. The highest BCUT2D eigenvalue weighted by atomic mass is 79.9. The maximum absolute atomic E-state index is 8.81. The van der Waals surface area contributed by atoms with Crippen LogP contribution in [-0.4, -0.2) is 54.0 Å². The average molecular weight is 890 g/mol. The minimum absolute atomic E-state index is 0. The molecule has 0 spiro atoms. The van der Waals surface area contributed by atoms with Gasteiger partial charge in [0, 0.05) is 44.0 Å². The van der Waals surface area contributed by atoms with Crippen LogP contribution >= 0.6 is 47.8 Å². The van der Waals surface area contributed by atoms with Gasteiger partial charge in [0.2, 0.25) is 0 Å². The van der Waals surface area contributed by atoms with Gasteiger partial charge in [-0.1, -0.05) is 128 Å². The Labute approximate surface area is 334 Å². The molecule has 2 N–H and O–H groups in total. The van der Waals surface area contributed by atoms with E-state index in [1.807, 2.05) is 72.8 Å². The second-order valence-corrected chi connectivity index (χ2v) is 13.4. The lowest BCUT2D eigenvalue weighted by Crippen LogP contribution is -2.30. The van der Waals surface area contributed by atoms with Gasteiger partial charge in [0.1, 0.15) is 23.0 Å². The zero-order valence-corrected chi connectivity index (χ0v) is 33.3. The molecular weight excluding hydrogens is 850 g/mol. The minimum atomic E-state index is -1.47. The molecule has 6 aromatic carbocycles. The summed E-state index contributed by atoms with van der Waals surface area (Å²) in [5, 5.41) is 17.6. The molecule has 0 aliphatic rings. The van der Waals surface area contributed by atoms with E-state index in [4.69, 9.17) is 29.0 Å². The minimum Gasteiger partial charge on any atom is -0.497 e. The van der Waals surface area contributed by atoms with Gasteiger partial charge < -0.3 is 29.0 Å². The monoisotopic (exact) mass is 887 g/mol. The zero-order chi connectivity index (χ0) is 36.0. The number of hydrogen-bond donors (Lipinski definition) is 2. The second-order valence-electron chi connectivity index (χ2n) is 10.6. The molecule has 0 aliphatic heterocycles. The summed E-state index contributed by atoms with van der Waals surface area (Å²) in [6.07, 6.45) is 0. The maximum atomic E-state index is 8.81. The van der Waals surface area contributed by atoms with E-state index in [0.29, 0.717) is 11.2 Å². The van der Waals surface area contributed by atoms with E-state index in [0.717, 1.165) is 64.0 Å². The molecule has 6 nitrogen and oxygen atoms in total. The third-order valence-electron chi connectivity index (χ3n) is 7.43. The fraction of sp³-hybridized carbons (Fsp3) is 0.122. The Bertz CT molecular complexity index is 1800. The smallest absolute Gasteiger partial charge is 0.492 e. The van der Waals surface area contributed by atoms with Crippen LogP contribution in [0, 0.1) is 0 Å². The number of ether oxygens (including phenoxy) is 4. The van der Waals surface area contributed by atoms with E-state index in [9.17, 15) is 0 Å². The lowest BCUT2D eigenvalue weighted by Gasteiger charge is -2.16. The van der Waals surface area contributed by atoms with Crippen LogP contribution in [0.15, 0.2) is 147 Å². The lowest BCUT2D eigenvalue weighted by atomic mass is 9.80. The van der Waals surface area contributed by atoms with Gasteiger partial charge in [-0.3, -0.25) is 0 Å². The molecule has 0 saturated heterocycles. The predicted octanol–water partition coefficient (Wildman–Crippen LogP) is 10.3. The van der Waals surface area contributed by atoms with Gasteiger partial charge in [-0.2, -0.15) is 0 Å². The van der Waals surface area contributed by atoms with Crippen LogP contribution in [0.3, 0.4) is 0 Å². The van der Waals surface area contributed by atoms with Gasteiger partial charge in [-0.05, 0) is 77.4 Å². The summed E-state index contributed by atoms with van der Waals surface area (Å²) in [6.45, 7) is 0. The van der Waals surface area contributed by atoms with E-state index >= 15 is 0 Å². The summed E-state index contributed by atoms with van der Waals surface area (Å²) in [5.74, 6) is 2.99. The Morgan fingerprint density at radius 1 is 0.423 bits per heavy atom. The van der Waals surface area contributed by atoms with Gasteiger partial charge >= 0.3 is 7.12 Å². The first-order valence-electron chi connectivity index (χ1n) is 15.3. The Morgan fingerprint density at radius 2 is 0.692 bits per heavy atom. The lowest BCUT2D eigenvalue weighted by molar-refractivity contribution is 0.403. The maximum Gasteiger partial charge on any atom is 0.492 e. The Morgan fingerprint density at radius 3 is 0.962 bits per heavy atom. The van der Waals surface area contributed by atoms with Gasteiger partial charge in [-0.25, -0.2) is 0 Å². The normalized spacial score (nSPS) is 9.71. The third-order valence-corrected chi connectivity index (χ3v) is 8.80. The molecule has 0 bridgehead atoms. The fourth-order valence-electron chi connectivity index (χ4n) is 5.14. The topological polar surface area (TPSA) is 77.4 Å². The molecule has 6 rings (SSSR count). The Balaban J connectivity index is 0.000000349. The number of rotatable bonds is 8. The van der Waals surface area contributed by atoms with Crippen molar-refractivity contribution < 1.29 is 29.0 Å². The number of benzene rings is 6. The average Bonchev–Trinajstić information content (AvgIpc) is 3.14. The Kier molecular flexibility index (Phi) is 18.8. The van der Waals surface area contributed by atoms with Crippen LogP contribution in [0.5, 0.6) is 23.0 Å². The second kappa shape index (κ2) is 22.2. The van der Waals surface area contributed by atoms with Crippen molar-refractivity contribution in [2.45, 2.75) is 7.43 Å². The molecule has 0 aliphatic carbocycles. The first kappa shape index (κ1) is 44.2. The third kappa shape index (κ3) is 12.0. The van der Waals surface area contributed by atoms with Crippen LogP contribution in [0.2, 0.25) is 0 Å². The van der Waals surface area contributed by atoms with Crippen molar-refractivity contribution >= 4 is 68.8 Å². The van der Waals surface area contributed by atoms with Crippen LogP contribution in [0.25, 0.3) is 33.4 Å². The number of hydrogen-bond acceptors (Lipinski definition) is 6. The molecule has 6 aromatic rings. The quantitative estimate of drug-likeness (QED) is 0.148. The van der Waals surface area contributed by atoms with Crippen molar-refractivity contribution in [1.29, 1.82) is 0 Å². The van der Waals surface area contributed by atoms with Crippen LogP contribution in [0.4, 0.5) is 0 Å². The number of halogens is 3. The molecule has 3 radical (unpaired) electrons. The summed E-state index contributed by atoms with van der Waals surface area (Å²) in [7, 11) is 5.12. The number of methoxy groups -OCH3 is 4. The van der Waals surface area contributed by atoms with Gasteiger partial charge in [0.15, 0.2) is 0 Å². The van der Waals surface area contributed by atoms with Crippen molar-refractivity contribution in [3.8, 4) is 56.4 Å². The van der Waals surface area contributed by atoms with Crippen molar-refractivity contribution in [3.63, 3.8) is 0 Å². The van der Waals surface area contributed by atoms with Crippen LogP contribution in [0.1, 0.15) is 7.43 Å². The summed E-state index contributed by atoms with van der Waals surface area (Å²) in [5.41, 5.74) is 6.69. The molecule has 0 saturated carbocycles. The molecular formula is C41H40B2Br3O6. The van der Waals surface area contributed by atoms with Gasteiger partial charge in [0.25, 0.3) is 0 Å². The van der Waals surface area contributed by atoms with Crippen molar-refractivity contribution in [2.75, 3.05) is 28.4 Å². The van der Waals surface area contributed by atoms with Gasteiger partial charge in [-0.15, -0.1) is 0 Å². The van der Waals surface area contributed by atoms with Crippen molar-refractivity contribution in [1.82, 2.24) is 0 Å². The van der Waals surface area contributed by atoms with Gasteiger partial charge in [0.05, 0.1) is 28.4 Å². The molecule has 0 unspecified atom stereocenters. The summed E-state index contributed by atoms with van der Waals surface area (Å²) < 4.78 is 25.0.